The molecule has 2 aromatic heterocycles. The maximum atomic E-state index is 11.6. The Bertz CT molecular complexity index is 596. The Balaban J connectivity index is 2.67. The van der Waals surface area contributed by atoms with Crippen LogP contribution in [0.4, 0.5) is 5.95 Å². The number of nitrogens with two attached hydrogens (primary N) is 1. The van der Waals surface area contributed by atoms with Crippen LogP contribution in [0, 0.1) is 0 Å². The summed E-state index contributed by atoms with van der Waals surface area (Å²) in [4.78, 5) is 25.2. The van der Waals surface area contributed by atoms with Crippen LogP contribution in [0.3, 0.4) is 0 Å². The first-order chi connectivity index (χ1) is 8.00. The van der Waals surface area contributed by atoms with E-state index < -0.39 is 5.60 Å². The molecule has 0 aliphatic rings. The van der Waals surface area contributed by atoms with Gasteiger partial charge in [0.1, 0.15) is 11.4 Å². The highest BCUT2D eigenvalue weighted by atomic mass is 16.5. The Morgan fingerprint density at radius 3 is 2.71 bits per heavy atom. The number of rotatable bonds is 3. The molecule has 7 nitrogen and oxygen atoms in total. The fourth-order valence-corrected chi connectivity index (χ4v) is 1.58. The van der Waals surface area contributed by atoms with Gasteiger partial charge in [-0.3, -0.25) is 9.78 Å². The van der Waals surface area contributed by atoms with Gasteiger partial charge in [0.2, 0.25) is 5.95 Å². The summed E-state index contributed by atoms with van der Waals surface area (Å²) >= 11 is 0. The van der Waals surface area contributed by atoms with Gasteiger partial charge in [0.05, 0.1) is 0 Å². The number of hydrogen-bond donors (Lipinski definition) is 3. The van der Waals surface area contributed by atoms with Crippen LogP contribution < -0.4 is 11.3 Å². The van der Waals surface area contributed by atoms with E-state index in [2.05, 4.69) is 19.9 Å². The largest absolute Gasteiger partial charge is 0.371 e. The molecule has 0 saturated heterocycles. The predicted molar refractivity (Wildman–Crippen MR) is 63.6 cm³/mol. The molecule has 4 N–H and O–H groups in total. The Kier molecular flexibility index (Phi) is 2.62. The van der Waals surface area contributed by atoms with Crippen molar-refractivity contribution >= 4 is 17.1 Å². The number of imidazole rings is 1. The van der Waals surface area contributed by atoms with Crippen molar-refractivity contribution in [2.24, 2.45) is 0 Å². The monoisotopic (exact) mass is 237 g/mol. The van der Waals surface area contributed by atoms with E-state index in [9.17, 15) is 4.79 Å². The second kappa shape index (κ2) is 3.85. The molecule has 2 rings (SSSR count). The molecule has 2 heterocycles. The molecule has 0 spiro atoms. The lowest BCUT2D eigenvalue weighted by Gasteiger charge is -2.23. The Hall–Kier alpha value is -1.89. The highest BCUT2D eigenvalue weighted by Gasteiger charge is 2.28. The molecule has 0 radical (unpaired) electrons. The van der Waals surface area contributed by atoms with Crippen LogP contribution >= 0.6 is 0 Å². The lowest BCUT2D eigenvalue weighted by molar-refractivity contribution is -0.00805. The number of nitrogens with zero attached hydrogens (tertiary/aromatic N) is 2. The number of nitrogen functional groups attached to an aromatic ring is 1. The number of hydrogen-bond acceptors (Lipinski definition) is 5. The summed E-state index contributed by atoms with van der Waals surface area (Å²) in [5.74, 6) is 0.622. The third-order valence-electron chi connectivity index (χ3n) is 3.01. The summed E-state index contributed by atoms with van der Waals surface area (Å²) in [6, 6.07) is 0. The smallest absolute Gasteiger partial charge is 0.278 e. The summed E-state index contributed by atoms with van der Waals surface area (Å²) < 4.78 is 5.41. The highest BCUT2D eigenvalue weighted by Crippen LogP contribution is 2.26. The summed E-state index contributed by atoms with van der Waals surface area (Å²) in [6.45, 7) is 3.87. The van der Waals surface area contributed by atoms with Gasteiger partial charge in [0.25, 0.3) is 5.56 Å². The number of anilines is 1. The van der Waals surface area contributed by atoms with Crippen molar-refractivity contribution in [3.63, 3.8) is 0 Å². The van der Waals surface area contributed by atoms with Gasteiger partial charge in [-0.25, -0.2) is 4.98 Å². The Labute approximate surface area is 97.4 Å². The molecule has 7 heteroatoms. The van der Waals surface area contributed by atoms with E-state index in [4.69, 9.17) is 10.5 Å². The molecule has 0 fully saturated rings. The van der Waals surface area contributed by atoms with Gasteiger partial charge in [-0.05, 0) is 13.3 Å². The second-order valence-electron chi connectivity index (χ2n) is 4.02. The lowest BCUT2D eigenvalue weighted by atomic mass is 10.0. The normalized spacial score (nSPS) is 15.0. The molecule has 0 aromatic carbocycles. The van der Waals surface area contributed by atoms with E-state index in [1.165, 1.54) is 0 Å². The molecule has 0 saturated carbocycles. The van der Waals surface area contributed by atoms with Crippen LogP contribution in [-0.4, -0.2) is 27.0 Å². The Morgan fingerprint density at radius 2 is 2.12 bits per heavy atom. The topological polar surface area (TPSA) is 110 Å². The van der Waals surface area contributed by atoms with Crippen molar-refractivity contribution in [2.75, 3.05) is 12.8 Å². The maximum absolute atomic E-state index is 11.6. The van der Waals surface area contributed by atoms with Crippen molar-refractivity contribution in [1.29, 1.82) is 0 Å². The van der Waals surface area contributed by atoms with Gasteiger partial charge >= 0.3 is 0 Å². The average Bonchev–Trinajstić information content (AvgIpc) is 2.72. The third kappa shape index (κ3) is 1.78. The lowest BCUT2D eigenvalue weighted by Crippen LogP contribution is -2.24. The molecule has 2 aromatic rings. The number of aromatic amines is 2. The SMILES string of the molecule is CCC(C)(OC)c1nc2nc(N)[nH]c(=O)c2[nH]1. The summed E-state index contributed by atoms with van der Waals surface area (Å²) in [6.07, 6.45) is 0.719. The van der Waals surface area contributed by atoms with Crippen LogP contribution in [-0.2, 0) is 10.3 Å². The van der Waals surface area contributed by atoms with Gasteiger partial charge < -0.3 is 15.5 Å². The van der Waals surface area contributed by atoms with Crippen molar-refractivity contribution < 1.29 is 4.74 Å². The van der Waals surface area contributed by atoms with Crippen molar-refractivity contribution in [1.82, 2.24) is 19.9 Å². The van der Waals surface area contributed by atoms with Crippen molar-refractivity contribution in [2.45, 2.75) is 25.9 Å². The van der Waals surface area contributed by atoms with Crippen LogP contribution in [0.25, 0.3) is 11.2 Å². The molecule has 1 unspecified atom stereocenters. The van der Waals surface area contributed by atoms with E-state index >= 15 is 0 Å². The fraction of sp³-hybridized carbons (Fsp3) is 0.500. The van der Waals surface area contributed by atoms with E-state index in [0.29, 0.717) is 17.0 Å². The van der Waals surface area contributed by atoms with E-state index in [1.807, 2.05) is 13.8 Å². The standard InChI is InChI=1S/C10H15N5O2/c1-4-10(2,17-3)8-12-5-6(13-8)14-9(11)15-7(5)16/h4H2,1-3H3,(H4,11,12,13,14,15,16). The molecule has 92 valence electrons. The zero-order valence-corrected chi connectivity index (χ0v) is 10.00. The van der Waals surface area contributed by atoms with E-state index in [-0.39, 0.29) is 11.5 Å². The first kappa shape index (κ1) is 11.6. The van der Waals surface area contributed by atoms with Crippen LogP contribution in [0.1, 0.15) is 26.1 Å². The van der Waals surface area contributed by atoms with Gasteiger partial charge in [0.15, 0.2) is 11.2 Å². The minimum absolute atomic E-state index is 0.0520. The van der Waals surface area contributed by atoms with Gasteiger partial charge in [0, 0.05) is 7.11 Å². The zero-order chi connectivity index (χ0) is 12.6. The maximum Gasteiger partial charge on any atom is 0.278 e. The molecular weight excluding hydrogens is 222 g/mol. The first-order valence-electron chi connectivity index (χ1n) is 5.31. The van der Waals surface area contributed by atoms with Gasteiger partial charge in [-0.15, -0.1) is 0 Å². The molecule has 0 aliphatic heterocycles. The molecule has 0 bridgehead atoms. The van der Waals surface area contributed by atoms with Gasteiger partial charge in [-0.2, -0.15) is 4.98 Å². The molecule has 0 amide bonds. The Morgan fingerprint density at radius 1 is 1.41 bits per heavy atom. The van der Waals surface area contributed by atoms with Crippen LogP contribution in [0.2, 0.25) is 0 Å². The van der Waals surface area contributed by atoms with E-state index in [1.54, 1.807) is 7.11 Å². The summed E-state index contributed by atoms with van der Waals surface area (Å²) in [7, 11) is 1.60. The number of H-pyrrole nitrogens is 2. The summed E-state index contributed by atoms with van der Waals surface area (Å²) in [5, 5.41) is 0. The molecular formula is C10H15N5O2. The fourth-order valence-electron chi connectivity index (χ4n) is 1.58. The van der Waals surface area contributed by atoms with Crippen molar-refractivity contribution in [3.05, 3.63) is 16.2 Å². The van der Waals surface area contributed by atoms with E-state index in [0.717, 1.165) is 6.42 Å². The molecule has 1 atom stereocenters. The second-order valence-corrected chi connectivity index (χ2v) is 4.02. The molecule has 17 heavy (non-hydrogen) atoms. The minimum Gasteiger partial charge on any atom is -0.371 e. The first-order valence-corrected chi connectivity index (χ1v) is 5.31. The number of fused-ring (bicyclic) bond motifs is 1. The molecule has 0 aliphatic carbocycles. The van der Waals surface area contributed by atoms with Crippen LogP contribution in [0.15, 0.2) is 4.79 Å². The highest BCUT2D eigenvalue weighted by molar-refractivity contribution is 5.70. The number of methoxy groups -OCH3 is 1. The predicted octanol–water partition coefficient (Wildman–Crippen LogP) is 0.500. The van der Waals surface area contributed by atoms with Crippen molar-refractivity contribution in [3.8, 4) is 0 Å². The zero-order valence-electron chi connectivity index (χ0n) is 10.00. The summed E-state index contributed by atoms with van der Waals surface area (Å²) in [5.41, 5.74) is 5.17. The number of ether oxygens (including phenoxy) is 1. The van der Waals surface area contributed by atoms with Gasteiger partial charge in [-0.1, -0.05) is 6.92 Å². The number of aromatic nitrogens is 4. The third-order valence-corrected chi connectivity index (χ3v) is 3.01. The quantitative estimate of drug-likeness (QED) is 0.720. The average molecular weight is 237 g/mol. The minimum atomic E-state index is -0.568. The van der Waals surface area contributed by atoms with Crippen LogP contribution in [0.5, 0.6) is 0 Å². The number of nitrogens with one attached hydrogen (secondary N) is 2.